The van der Waals surface area contributed by atoms with Crippen LogP contribution in [0.3, 0.4) is 0 Å². The number of aryl methyl sites for hydroxylation is 1. The SMILES string of the molecule is CCN(CC)c1ccccc1-c1cnn(C)c1N. The molecule has 0 radical (unpaired) electrons. The molecule has 0 saturated heterocycles. The van der Waals surface area contributed by atoms with E-state index in [-0.39, 0.29) is 0 Å². The van der Waals surface area contributed by atoms with Crippen LogP contribution in [0.2, 0.25) is 0 Å². The van der Waals surface area contributed by atoms with Crippen LogP contribution in [0.15, 0.2) is 30.5 Å². The fraction of sp³-hybridized carbons (Fsp3) is 0.357. The first-order valence-corrected chi connectivity index (χ1v) is 6.30. The molecule has 0 spiro atoms. The number of anilines is 2. The van der Waals surface area contributed by atoms with Crippen LogP contribution in [0.4, 0.5) is 11.5 Å². The molecule has 96 valence electrons. The smallest absolute Gasteiger partial charge is 0.129 e. The van der Waals surface area contributed by atoms with Crippen LogP contribution >= 0.6 is 0 Å². The zero-order chi connectivity index (χ0) is 13.1. The molecule has 0 aliphatic rings. The predicted molar refractivity (Wildman–Crippen MR) is 76.6 cm³/mol. The first kappa shape index (κ1) is 12.5. The number of nitrogen functional groups attached to an aromatic ring is 1. The Kier molecular flexibility index (Phi) is 3.55. The fourth-order valence-electron chi connectivity index (χ4n) is 2.20. The summed E-state index contributed by atoms with van der Waals surface area (Å²) in [5.74, 6) is 0.703. The molecule has 2 rings (SSSR count). The van der Waals surface area contributed by atoms with Crippen molar-refractivity contribution in [1.82, 2.24) is 9.78 Å². The maximum absolute atomic E-state index is 6.07. The third-order valence-corrected chi connectivity index (χ3v) is 3.28. The summed E-state index contributed by atoms with van der Waals surface area (Å²) in [6, 6.07) is 8.33. The number of hydrogen-bond donors (Lipinski definition) is 1. The van der Waals surface area contributed by atoms with Crippen molar-refractivity contribution in [2.75, 3.05) is 23.7 Å². The van der Waals surface area contributed by atoms with Crippen LogP contribution in [-0.4, -0.2) is 22.9 Å². The van der Waals surface area contributed by atoms with Gasteiger partial charge in [-0.25, -0.2) is 0 Å². The quantitative estimate of drug-likeness (QED) is 0.899. The Balaban J connectivity index is 2.54. The lowest BCUT2D eigenvalue weighted by molar-refractivity contribution is 0.779. The number of rotatable bonds is 4. The molecule has 0 fully saturated rings. The van der Waals surface area contributed by atoms with Crippen molar-refractivity contribution in [3.8, 4) is 11.1 Å². The average Bonchev–Trinajstić information content (AvgIpc) is 2.72. The molecule has 4 nitrogen and oxygen atoms in total. The van der Waals surface area contributed by atoms with Crippen molar-refractivity contribution in [2.45, 2.75) is 13.8 Å². The van der Waals surface area contributed by atoms with Gasteiger partial charge in [-0.2, -0.15) is 5.10 Å². The zero-order valence-electron chi connectivity index (χ0n) is 11.2. The van der Waals surface area contributed by atoms with Crippen molar-refractivity contribution < 1.29 is 0 Å². The molecule has 2 aromatic rings. The van der Waals surface area contributed by atoms with E-state index in [0.717, 1.165) is 24.2 Å². The van der Waals surface area contributed by atoms with Crippen LogP contribution in [-0.2, 0) is 7.05 Å². The van der Waals surface area contributed by atoms with E-state index in [2.05, 4.69) is 42.0 Å². The second-order valence-corrected chi connectivity index (χ2v) is 4.26. The third kappa shape index (κ3) is 2.06. The number of nitrogens with two attached hydrogens (primary N) is 1. The first-order valence-electron chi connectivity index (χ1n) is 6.30. The number of aromatic nitrogens is 2. The van der Waals surface area contributed by atoms with Gasteiger partial charge in [0.15, 0.2) is 0 Å². The minimum absolute atomic E-state index is 0.703. The minimum atomic E-state index is 0.703. The lowest BCUT2D eigenvalue weighted by Gasteiger charge is -2.23. The van der Waals surface area contributed by atoms with E-state index in [0.29, 0.717) is 5.82 Å². The molecular formula is C14H20N4. The maximum Gasteiger partial charge on any atom is 0.129 e. The summed E-state index contributed by atoms with van der Waals surface area (Å²) in [5, 5.41) is 4.22. The Morgan fingerprint density at radius 1 is 1.17 bits per heavy atom. The lowest BCUT2D eigenvalue weighted by Crippen LogP contribution is -2.22. The van der Waals surface area contributed by atoms with E-state index < -0.39 is 0 Å². The molecule has 0 unspecified atom stereocenters. The van der Waals surface area contributed by atoms with E-state index >= 15 is 0 Å². The van der Waals surface area contributed by atoms with E-state index in [9.17, 15) is 0 Å². The molecule has 18 heavy (non-hydrogen) atoms. The van der Waals surface area contributed by atoms with Gasteiger partial charge in [0.25, 0.3) is 0 Å². The van der Waals surface area contributed by atoms with Crippen molar-refractivity contribution >= 4 is 11.5 Å². The monoisotopic (exact) mass is 244 g/mol. The number of hydrogen-bond acceptors (Lipinski definition) is 3. The molecule has 0 saturated carbocycles. The van der Waals surface area contributed by atoms with Gasteiger partial charge in [0.05, 0.1) is 6.20 Å². The van der Waals surface area contributed by atoms with Gasteiger partial charge in [-0.3, -0.25) is 4.68 Å². The highest BCUT2D eigenvalue weighted by atomic mass is 15.3. The summed E-state index contributed by atoms with van der Waals surface area (Å²) < 4.78 is 1.70. The number of nitrogens with zero attached hydrogens (tertiary/aromatic N) is 3. The lowest BCUT2D eigenvalue weighted by atomic mass is 10.1. The molecule has 2 N–H and O–H groups in total. The normalized spacial score (nSPS) is 10.6. The second-order valence-electron chi connectivity index (χ2n) is 4.26. The largest absolute Gasteiger partial charge is 0.383 e. The van der Waals surface area contributed by atoms with Crippen LogP contribution in [0.25, 0.3) is 11.1 Å². The standard InChI is InChI=1S/C14H20N4/c1-4-18(5-2)13-9-7-6-8-11(13)12-10-16-17(3)14(12)15/h6-10H,4-5,15H2,1-3H3. The Labute approximate surface area is 108 Å². The maximum atomic E-state index is 6.07. The van der Waals surface area contributed by atoms with Gasteiger partial charge in [-0.05, 0) is 19.9 Å². The van der Waals surface area contributed by atoms with E-state index in [1.807, 2.05) is 19.3 Å². The van der Waals surface area contributed by atoms with E-state index in [1.165, 1.54) is 5.69 Å². The topological polar surface area (TPSA) is 47.1 Å². The first-order chi connectivity index (χ1) is 8.69. The van der Waals surface area contributed by atoms with Crippen molar-refractivity contribution in [3.05, 3.63) is 30.5 Å². The summed E-state index contributed by atoms with van der Waals surface area (Å²) >= 11 is 0. The van der Waals surface area contributed by atoms with Crippen LogP contribution in [0, 0.1) is 0 Å². The second kappa shape index (κ2) is 5.12. The minimum Gasteiger partial charge on any atom is -0.383 e. The van der Waals surface area contributed by atoms with Crippen molar-refractivity contribution in [1.29, 1.82) is 0 Å². The van der Waals surface area contributed by atoms with Gasteiger partial charge in [0.2, 0.25) is 0 Å². The fourth-order valence-corrected chi connectivity index (χ4v) is 2.20. The van der Waals surface area contributed by atoms with E-state index in [1.54, 1.807) is 4.68 Å². The molecule has 0 amide bonds. The Morgan fingerprint density at radius 3 is 2.39 bits per heavy atom. The van der Waals surface area contributed by atoms with Crippen LogP contribution < -0.4 is 10.6 Å². The van der Waals surface area contributed by atoms with Gasteiger partial charge in [-0.1, -0.05) is 18.2 Å². The van der Waals surface area contributed by atoms with Crippen molar-refractivity contribution in [2.24, 2.45) is 7.05 Å². The Bertz CT molecular complexity index is 526. The van der Waals surface area contributed by atoms with Gasteiger partial charge in [0, 0.05) is 37.0 Å². The molecule has 1 aromatic carbocycles. The Hall–Kier alpha value is -1.97. The zero-order valence-corrected chi connectivity index (χ0v) is 11.2. The average molecular weight is 244 g/mol. The van der Waals surface area contributed by atoms with Gasteiger partial charge < -0.3 is 10.6 Å². The van der Waals surface area contributed by atoms with E-state index in [4.69, 9.17) is 5.73 Å². The highest BCUT2D eigenvalue weighted by molar-refractivity contribution is 5.84. The molecule has 0 bridgehead atoms. The molecule has 1 heterocycles. The molecule has 0 aliphatic heterocycles. The summed E-state index contributed by atoms with van der Waals surface area (Å²) in [5.41, 5.74) is 9.42. The molecular weight excluding hydrogens is 224 g/mol. The molecule has 1 aromatic heterocycles. The highest BCUT2D eigenvalue weighted by Gasteiger charge is 2.13. The molecule has 4 heteroatoms. The summed E-state index contributed by atoms with van der Waals surface area (Å²) in [7, 11) is 1.86. The van der Waals surface area contributed by atoms with Gasteiger partial charge in [0.1, 0.15) is 5.82 Å². The van der Waals surface area contributed by atoms with Crippen molar-refractivity contribution in [3.63, 3.8) is 0 Å². The summed E-state index contributed by atoms with van der Waals surface area (Å²) in [4.78, 5) is 2.32. The molecule has 0 aliphatic carbocycles. The summed E-state index contributed by atoms with van der Waals surface area (Å²) in [6.45, 7) is 6.28. The van der Waals surface area contributed by atoms with Gasteiger partial charge >= 0.3 is 0 Å². The number of benzene rings is 1. The highest BCUT2D eigenvalue weighted by Crippen LogP contribution is 2.33. The Morgan fingerprint density at radius 2 is 1.83 bits per heavy atom. The molecule has 0 atom stereocenters. The number of para-hydroxylation sites is 1. The predicted octanol–water partition coefficient (Wildman–Crippen LogP) is 2.52. The third-order valence-electron chi connectivity index (χ3n) is 3.28. The summed E-state index contributed by atoms with van der Waals surface area (Å²) in [6.07, 6.45) is 1.83. The van der Waals surface area contributed by atoms with Crippen LogP contribution in [0.5, 0.6) is 0 Å². The van der Waals surface area contributed by atoms with Gasteiger partial charge in [-0.15, -0.1) is 0 Å². The van der Waals surface area contributed by atoms with Crippen LogP contribution in [0.1, 0.15) is 13.8 Å².